The average Bonchev–Trinajstić information content (AvgIpc) is 2.43. The third-order valence-electron chi connectivity index (χ3n) is 4.34. The van der Waals surface area contributed by atoms with Crippen LogP contribution in [0, 0.1) is 20.8 Å². The lowest BCUT2D eigenvalue weighted by Crippen LogP contribution is -2.24. The maximum Gasteiger partial charge on any atom is 0.126 e. The van der Waals surface area contributed by atoms with Gasteiger partial charge in [-0.25, -0.2) is 0 Å². The second-order valence-electron chi connectivity index (χ2n) is 5.92. The van der Waals surface area contributed by atoms with Crippen molar-refractivity contribution in [2.75, 3.05) is 0 Å². The van der Waals surface area contributed by atoms with Crippen molar-refractivity contribution in [3.63, 3.8) is 0 Å². The van der Waals surface area contributed by atoms with Gasteiger partial charge < -0.3 is 10.5 Å². The van der Waals surface area contributed by atoms with Crippen LogP contribution < -0.4 is 10.5 Å². The predicted octanol–water partition coefficient (Wildman–Crippen LogP) is 4.90. The fourth-order valence-electron chi connectivity index (χ4n) is 3.00. The van der Waals surface area contributed by atoms with Gasteiger partial charge in [0.1, 0.15) is 11.9 Å². The first-order valence-corrected chi connectivity index (χ1v) is 8.04. The molecule has 0 amide bonds. The molecular weight excluding hydrogens is 326 g/mol. The Morgan fingerprint density at radius 3 is 2.48 bits per heavy atom. The third kappa shape index (κ3) is 2.72. The summed E-state index contributed by atoms with van der Waals surface area (Å²) < 4.78 is 7.26. The number of nitrogens with two attached hydrogens (primary N) is 1. The largest absolute Gasteiger partial charge is 0.485 e. The van der Waals surface area contributed by atoms with Crippen molar-refractivity contribution >= 4 is 15.9 Å². The fraction of sp³-hybridized carbons (Fsp3) is 0.333. The van der Waals surface area contributed by atoms with Crippen molar-refractivity contribution < 1.29 is 4.74 Å². The maximum absolute atomic E-state index is 6.36. The van der Waals surface area contributed by atoms with E-state index in [4.69, 9.17) is 10.5 Å². The van der Waals surface area contributed by atoms with Crippen molar-refractivity contribution in [1.29, 1.82) is 0 Å². The van der Waals surface area contributed by atoms with Gasteiger partial charge in [0.25, 0.3) is 0 Å². The summed E-state index contributed by atoms with van der Waals surface area (Å²) in [6.45, 7) is 6.44. The number of ether oxygens (including phenoxy) is 1. The summed E-state index contributed by atoms with van der Waals surface area (Å²) in [5, 5.41) is 0. The lowest BCUT2D eigenvalue weighted by atomic mass is 9.90. The number of aryl methyl sites for hydroxylation is 3. The molecule has 110 valence electrons. The molecule has 2 aromatic rings. The molecule has 0 radical (unpaired) electrons. The molecular formula is C18H20BrNO. The van der Waals surface area contributed by atoms with E-state index in [1.807, 2.05) is 12.1 Å². The van der Waals surface area contributed by atoms with E-state index in [9.17, 15) is 0 Å². The van der Waals surface area contributed by atoms with Gasteiger partial charge in [0.2, 0.25) is 0 Å². The van der Waals surface area contributed by atoms with Gasteiger partial charge in [-0.2, -0.15) is 0 Å². The molecule has 0 aliphatic carbocycles. The fourth-order valence-corrected chi connectivity index (χ4v) is 3.37. The molecule has 3 rings (SSSR count). The Morgan fingerprint density at radius 2 is 1.71 bits per heavy atom. The monoisotopic (exact) mass is 345 g/mol. The Balaban J connectivity index is 1.99. The smallest absolute Gasteiger partial charge is 0.126 e. The summed E-state index contributed by atoms with van der Waals surface area (Å²) in [5.74, 6) is 0.902. The van der Waals surface area contributed by atoms with Crippen LogP contribution in [-0.2, 0) is 0 Å². The quantitative estimate of drug-likeness (QED) is 0.797. The van der Waals surface area contributed by atoms with Crippen molar-refractivity contribution in [2.45, 2.75) is 39.3 Å². The molecule has 1 unspecified atom stereocenters. The number of benzene rings is 2. The minimum Gasteiger partial charge on any atom is -0.485 e. The second kappa shape index (κ2) is 5.47. The van der Waals surface area contributed by atoms with Gasteiger partial charge in [-0.3, -0.25) is 0 Å². The number of fused-ring (bicyclic) bond motifs is 1. The highest BCUT2D eigenvalue weighted by Gasteiger charge is 2.28. The normalized spacial score (nSPS) is 20.8. The average molecular weight is 346 g/mol. The van der Waals surface area contributed by atoms with E-state index in [1.165, 1.54) is 22.3 Å². The number of hydrogen-bond acceptors (Lipinski definition) is 2. The zero-order valence-corrected chi connectivity index (χ0v) is 14.2. The summed E-state index contributed by atoms with van der Waals surface area (Å²) in [4.78, 5) is 0. The van der Waals surface area contributed by atoms with Gasteiger partial charge in [-0.05, 0) is 61.2 Å². The highest BCUT2D eigenvalue weighted by atomic mass is 79.9. The Morgan fingerprint density at radius 1 is 1.00 bits per heavy atom. The van der Waals surface area contributed by atoms with Crippen LogP contribution in [0.2, 0.25) is 0 Å². The van der Waals surface area contributed by atoms with Crippen LogP contribution in [-0.4, -0.2) is 0 Å². The van der Waals surface area contributed by atoms with Gasteiger partial charge in [-0.15, -0.1) is 0 Å². The summed E-state index contributed by atoms with van der Waals surface area (Å²) in [6.07, 6.45) is 0.847. The van der Waals surface area contributed by atoms with Crippen molar-refractivity contribution in [3.8, 4) is 5.75 Å². The van der Waals surface area contributed by atoms with Gasteiger partial charge in [-0.1, -0.05) is 28.1 Å². The summed E-state index contributed by atoms with van der Waals surface area (Å²) in [5.41, 5.74) is 12.6. The molecule has 2 aromatic carbocycles. The Bertz CT molecular complexity index is 696. The van der Waals surface area contributed by atoms with Crippen LogP contribution in [0.25, 0.3) is 0 Å². The topological polar surface area (TPSA) is 35.2 Å². The summed E-state index contributed by atoms with van der Waals surface area (Å²) in [6, 6.07) is 10.5. The van der Waals surface area contributed by atoms with E-state index in [-0.39, 0.29) is 12.1 Å². The third-order valence-corrected chi connectivity index (χ3v) is 4.83. The molecule has 0 spiro atoms. The van der Waals surface area contributed by atoms with Crippen LogP contribution in [0.15, 0.2) is 34.8 Å². The van der Waals surface area contributed by atoms with Crippen LogP contribution in [0.1, 0.15) is 46.4 Å². The van der Waals surface area contributed by atoms with E-state index < -0.39 is 0 Å². The molecule has 0 saturated carbocycles. The Labute approximate surface area is 134 Å². The maximum atomic E-state index is 6.36. The molecule has 0 saturated heterocycles. The van der Waals surface area contributed by atoms with E-state index in [0.717, 1.165) is 22.2 Å². The van der Waals surface area contributed by atoms with Crippen molar-refractivity contribution in [1.82, 2.24) is 0 Å². The minimum atomic E-state index is 0.0114. The first-order valence-electron chi connectivity index (χ1n) is 7.25. The summed E-state index contributed by atoms with van der Waals surface area (Å²) >= 11 is 3.50. The van der Waals surface area contributed by atoms with E-state index in [2.05, 4.69) is 54.9 Å². The SMILES string of the molecule is Cc1cc(C)c(C2C[C@@H](N)c3cc(Br)ccc3O2)cc1C. The number of halogens is 1. The molecule has 2 atom stereocenters. The van der Waals surface area contributed by atoms with Crippen LogP contribution in [0.5, 0.6) is 5.75 Å². The van der Waals surface area contributed by atoms with Crippen LogP contribution in [0.3, 0.4) is 0 Å². The van der Waals surface area contributed by atoms with Crippen molar-refractivity contribution in [3.05, 3.63) is 62.6 Å². The molecule has 0 bridgehead atoms. The molecule has 1 heterocycles. The lowest BCUT2D eigenvalue weighted by Gasteiger charge is -2.32. The summed E-state index contributed by atoms with van der Waals surface area (Å²) in [7, 11) is 0. The molecule has 1 aliphatic heterocycles. The zero-order valence-electron chi connectivity index (χ0n) is 12.6. The number of rotatable bonds is 1. The van der Waals surface area contributed by atoms with Gasteiger partial charge in [0, 0.05) is 22.5 Å². The standard InChI is InChI=1S/C18H20BrNO/c1-10-6-12(3)14(7-11(10)2)18-9-16(20)15-8-13(19)4-5-17(15)21-18/h4-8,16,18H,9,20H2,1-3H3/t16-,18?/m1/s1. The molecule has 3 heteroatoms. The first-order chi connectivity index (χ1) is 9.95. The zero-order chi connectivity index (χ0) is 15.1. The van der Waals surface area contributed by atoms with Crippen molar-refractivity contribution in [2.24, 2.45) is 5.73 Å². The van der Waals surface area contributed by atoms with E-state index in [1.54, 1.807) is 0 Å². The molecule has 0 aromatic heterocycles. The van der Waals surface area contributed by atoms with Crippen LogP contribution >= 0.6 is 15.9 Å². The molecule has 0 fully saturated rings. The molecule has 21 heavy (non-hydrogen) atoms. The lowest BCUT2D eigenvalue weighted by molar-refractivity contribution is 0.161. The van der Waals surface area contributed by atoms with Gasteiger partial charge in [0.05, 0.1) is 0 Å². The second-order valence-corrected chi connectivity index (χ2v) is 6.84. The Hall–Kier alpha value is -1.32. The Kier molecular flexibility index (Phi) is 3.80. The van der Waals surface area contributed by atoms with E-state index in [0.29, 0.717) is 0 Å². The van der Waals surface area contributed by atoms with Gasteiger partial charge >= 0.3 is 0 Å². The molecule has 2 N–H and O–H groups in total. The highest BCUT2D eigenvalue weighted by molar-refractivity contribution is 9.10. The van der Waals surface area contributed by atoms with Crippen LogP contribution in [0.4, 0.5) is 0 Å². The minimum absolute atomic E-state index is 0.0114. The van der Waals surface area contributed by atoms with E-state index >= 15 is 0 Å². The highest BCUT2D eigenvalue weighted by Crippen LogP contribution is 2.41. The van der Waals surface area contributed by atoms with Gasteiger partial charge in [0.15, 0.2) is 0 Å². The molecule has 1 aliphatic rings. The first kappa shape index (κ1) is 14.6. The molecule has 2 nitrogen and oxygen atoms in total. The number of hydrogen-bond donors (Lipinski definition) is 1. The predicted molar refractivity (Wildman–Crippen MR) is 89.7 cm³/mol.